The van der Waals surface area contributed by atoms with E-state index in [0.717, 1.165) is 31.5 Å². The third kappa shape index (κ3) is 4.29. The number of nitrogens with one attached hydrogen (secondary N) is 2. The molecule has 114 valence electrons. The molecule has 2 N–H and O–H groups in total. The van der Waals surface area contributed by atoms with E-state index in [-0.39, 0.29) is 0 Å². The molecule has 1 aromatic carbocycles. The topological polar surface area (TPSA) is 61.4 Å². The number of benzene rings is 1. The molecule has 0 saturated carbocycles. The summed E-state index contributed by atoms with van der Waals surface area (Å²) in [5, 5.41) is 5.96. The Bertz CT molecular complexity index is 494. The van der Waals surface area contributed by atoms with Crippen molar-refractivity contribution in [1.82, 2.24) is 15.5 Å². The fraction of sp³-hybridized carbons (Fsp3) is 0.500. The second-order valence-corrected chi connectivity index (χ2v) is 5.20. The van der Waals surface area contributed by atoms with E-state index in [9.17, 15) is 9.59 Å². The molecule has 1 saturated heterocycles. The molecule has 0 spiro atoms. The number of rotatable bonds is 3. The molecule has 0 bridgehead atoms. The Balaban J connectivity index is 1.90. The summed E-state index contributed by atoms with van der Waals surface area (Å²) in [6.07, 6.45) is 1.80. The monoisotopic (exact) mass is 289 g/mol. The summed E-state index contributed by atoms with van der Waals surface area (Å²) in [6, 6.07) is 7.96. The van der Waals surface area contributed by atoms with Gasteiger partial charge in [-0.2, -0.15) is 0 Å². The van der Waals surface area contributed by atoms with E-state index < -0.39 is 11.8 Å². The molecule has 1 aromatic rings. The van der Waals surface area contributed by atoms with Gasteiger partial charge < -0.3 is 15.5 Å². The van der Waals surface area contributed by atoms with Crippen LogP contribution in [0.2, 0.25) is 0 Å². The molecule has 0 radical (unpaired) electrons. The lowest BCUT2D eigenvalue weighted by Gasteiger charge is -2.19. The number of carbonyl (C=O) groups is 2. The molecule has 5 heteroatoms. The molecule has 0 aliphatic carbocycles. The van der Waals surface area contributed by atoms with Crippen LogP contribution in [-0.4, -0.2) is 42.9 Å². The van der Waals surface area contributed by atoms with Crippen molar-refractivity contribution in [2.75, 3.05) is 26.2 Å². The molecule has 5 nitrogen and oxygen atoms in total. The molecule has 2 rings (SSSR count). The number of amides is 2. The minimum absolute atomic E-state index is 0.403. The van der Waals surface area contributed by atoms with Crippen LogP contribution in [0, 0.1) is 0 Å². The van der Waals surface area contributed by atoms with Crippen molar-refractivity contribution in [3.05, 3.63) is 35.4 Å². The smallest absolute Gasteiger partial charge is 0.311 e. The molecule has 2 amide bonds. The Morgan fingerprint density at radius 3 is 2.71 bits per heavy atom. The summed E-state index contributed by atoms with van der Waals surface area (Å²) < 4.78 is 0. The number of hydrogen-bond acceptors (Lipinski definition) is 3. The van der Waals surface area contributed by atoms with Gasteiger partial charge in [0.2, 0.25) is 0 Å². The lowest BCUT2D eigenvalue weighted by atomic mass is 10.1. The van der Waals surface area contributed by atoms with E-state index in [2.05, 4.69) is 17.6 Å². The number of hydrogen-bond donors (Lipinski definition) is 2. The summed E-state index contributed by atoms with van der Waals surface area (Å²) in [4.78, 5) is 25.7. The molecule has 0 unspecified atom stereocenters. The number of aryl methyl sites for hydroxylation is 1. The number of carbonyl (C=O) groups excluding carboxylic acids is 2. The highest BCUT2D eigenvalue weighted by atomic mass is 16.2. The average Bonchev–Trinajstić information content (AvgIpc) is 2.81. The predicted molar refractivity (Wildman–Crippen MR) is 81.7 cm³/mol. The Hall–Kier alpha value is -1.88. The van der Waals surface area contributed by atoms with Gasteiger partial charge in [-0.15, -0.1) is 0 Å². The van der Waals surface area contributed by atoms with Gasteiger partial charge in [0, 0.05) is 26.2 Å². The second-order valence-electron chi connectivity index (χ2n) is 5.20. The van der Waals surface area contributed by atoms with Gasteiger partial charge >= 0.3 is 11.8 Å². The Kier molecular flexibility index (Phi) is 5.75. The SMILES string of the molecule is CCc1ccccc1CNC(=O)C(=O)N1CCCNCC1. The van der Waals surface area contributed by atoms with Gasteiger partial charge in [0.05, 0.1) is 0 Å². The lowest BCUT2D eigenvalue weighted by Crippen LogP contribution is -2.44. The molecule has 1 aliphatic heterocycles. The second kappa shape index (κ2) is 7.78. The first-order valence-corrected chi connectivity index (χ1v) is 7.57. The largest absolute Gasteiger partial charge is 0.344 e. The van der Waals surface area contributed by atoms with E-state index in [4.69, 9.17) is 0 Å². The first kappa shape index (κ1) is 15.5. The summed E-state index contributed by atoms with van der Waals surface area (Å²) in [5.74, 6) is -0.935. The van der Waals surface area contributed by atoms with Gasteiger partial charge in [0.25, 0.3) is 0 Å². The van der Waals surface area contributed by atoms with Crippen molar-refractivity contribution < 1.29 is 9.59 Å². The fourth-order valence-electron chi connectivity index (χ4n) is 2.52. The third-order valence-corrected chi connectivity index (χ3v) is 3.76. The standard InChI is InChI=1S/C16H23N3O2/c1-2-13-6-3-4-7-14(13)12-18-15(20)16(21)19-10-5-8-17-9-11-19/h3-4,6-7,17H,2,5,8-12H2,1H3,(H,18,20). The minimum atomic E-state index is -0.511. The third-order valence-electron chi connectivity index (χ3n) is 3.76. The zero-order chi connectivity index (χ0) is 15.1. The van der Waals surface area contributed by atoms with E-state index in [1.165, 1.54) is 5.56 Å². The van der Waals surface area contributed by atoms with Crippen LogP contribution in [0.5, 0.6) is 0 Å². The van der Waals surface area contributed by atoms with Crippen LogP contribution >= 0.6 is 0 Å². The van der Waals surface area contributed by atoms with Crippen LogP contribution in [0.15, 0.2) is 24.3 Å². The zero-order valence-corrected chi connectivity index (χ0v) is 12.5. The lowest BCUT2D eigenvalue weighted by molar-refractivity contribution is -0.145. The van der Waals surface area contributed by atoms with Crippen molar-refractivity contribution in [3.63, 3.8) is 0 Å². The molecule has 1 heterocycles. The van der Waals surface area contributed by atoms with Gasteiger partial charge in [-0.1, -0.05) is 31.2 Å². The van der Waals surface area contributed by atoms with E-state index in [1.54, 1.807) is 4.90 Å². The Morgan fingerprint density at radius 2 is 1.95 bits per heavy atom. The van der Waals surface area contributed by atoms with Crippen LogP contribution in [0.3, 0.4) is 0 Å². The van der Waals surface area contributed by atoms with Gasteiger partial charge in [0.1, 0.15) is 0 Å². The molecular weight excluding hydrogens is 266 g/mol. The molecule has 1 aliphatic rings. The van der Waals surface area contributed by atoms with Crippen molar-refractivity contribution in [1.29, 1.82) is 0 Å². The highest BCUT2D eigenvalue weighted by Gasteiger charge is 2.22. The summed E-state index contributed by atoms with van der Waals surface area (Å²) in [6.45, 7) is 5.37. The van der Waals surface area contributed by atoms with Gasteiger partial charge in [-0.05, 0) is 30.5 Å². The summed E-state index contributed by atoms with van der Waals surface area (Å²) in [7, 11) is 0. The predicted octanol–water partition coefficient (Wildman–Crippen LogP) is 0.687. The summed E-state index contributed by atoms with van der Waals surface area (Å²) >= 11 is 0. The molecule has 0 atom stereocenters. The van der Waals surface area contributed by atoms with Crippen molar-refractivity contribution >= 4 is 11.8 Å². The average molecular weight is 289 g/mol. The number of nitrogens with zero attached hydrogens (tertiary/aromatic N) is 1. The van der Waals surface area contributed by atoms with E-state index in [0.29, 0.717) is 19.6 Å². The minimum Gasteiger partial charge on any atom is -0.344 e. The first-order valence-electron chi connectivity index (χ1n) is 7.57. The maximum absolute atomic E-state index is 12.1. The zero-order valence-electron chi connectivity index (χ0n) is 12.5. The van der Waals surface area contributed by atoms with E-state index >= 15 is 0 Å². The van der Waals surface area contributed by atoms with Crippen LogP contribution < -0.4 is 10.6 Å². The van der Waals surface area contributed by atoms with Crippen molar-refractivity contribution in [3.8, 4) is 0 Å². The van der Waals surface area contributed by atoms with Crippen molar-refractivity contribution in [2.24, 2.45) is 0 Å². The Morgan fingerprint density at radius 1 is 1.19 bits per heavy atom. The molecule has 1 fully saturated rings. The molecule has 0 aromatic heterocycles. The van der Waals surface area contributed by atoms with Crippen LogP contribution in [0.4, 0.5) is 0 Å². The van der Waals surface area contributed by atoms with Gasteiger partial charge in [0.15, 0.2) is 0 Å². The maximum atomic E-state index is 12.1. The first-order chi connectivity index (χ1) is 10.2. The van der Waals surface area contributed by atoms with Gasteiger partial charge in [-0.25, -0.2) is 0 Å². The summed E-state index contributed by atoms with van der Waals surface area (Å²) in [5.41, 5.74) is 2.27. The fourth-order valence-corrected chi connectivity index (χ4v) is 2.52. The van der Waals surface area contributed by atoms with Crippen LogP contribution in [0.1, 0.15) is 24.5 Å². The van der Waals surface area contributed by atoms with Gasteiger partial charge in [-0.3, -0.25) is 9.59 Å². The normalized spacial score (nSPS) is 15.4. The quantitative estimate of drug-likeness (QED) is 0.805. The van der Waals surface area contributed by atoms with E-state index in [1.807, 2.05) is 24.3 Å². The molecule has 21 heavy (non-hydrogen) atoms. The maximum Gasteiger partial charge on any atom is 0.311 e. The van der Waals surface area contributed by atoms with Crippen LogP contribution in [0.25, 0.3) is 0 Å². The van der Waals surface area contributed by atoms with Crippen molar-refractivity contribution in [2.45, 2.75) is 26.3 Å². The Labute approximate surface area is 125 Å². The highest BCUT2D eigenvalue weighted by Crippen LogP contribution is 2.09. The highest BCUT2D eigenvalue weighted by molar-refractivity contribution is 6.34. The van der Waals surface area contributed by atoms with Crippen LogP contribution in [-0.2, 0) is 22.6 Å². The molecular formula is C16H23N3O2.